The zero-order chi connectivity index (χ0) is 20.1. The van der Waals surface area contributed by atoms with Crippen molar-refractivity contribution in [1.29, 1.82) is 0 Å². The minimum absolute atomic E-state index is 0.0363. The molecule has 0 aliphatic heterocycles. The van der Waals surface area contributed by atoms with Gasteiger partial charge in [-0.15, -0.1) is 0 Å². The van der Waals surface area contributed by atoms with Crippen molar-refractivity contribution in [3.63, 3.8) is 0 Å². The van der Waals surface area contributed by atoms with E-state index in [1.807, 2.05) is 13.1 Å². The third-order valence-corrected chi connectivity index (χ3v) is 4.16. The summed E-state index contributed by atoms with van der Waals surface area (Å²) >= 11 is 5.28. The number of aromatic nitrogens is 2. The molecule has 8 heteroatoms. The predicted octanol–water partition coefficient (Wildman–Crippen LogP) is 4.96. The van der Waals surface area contributed by atoms with Crippen LogP contribution in [0.2, 0.25) is 0 Å². The Morgan fingerprint density at radius 3 is 2.54 bits per heavy atom. The summed E-state index contributed by atoms with van der Waals surface area (Å²) in [5, 5.41) is 10.4. The SMILES string of the molecule is Cc1ccc(Cn2cc(NC(=S)Nc3ccc(C)cc3OC(F)F)cn2)cc1. The van der Waals surface area contributed by atoms with Gasteiger partial charge >= 0.3 is 6.61 Å². The summed E-state index contributed by atoms with van der Waals surface area (Å²) < 4.78 is 31.6. The molecule has 0 amide bonds. The third kappa shape index (κ3) is 5.50. The van der Waals surface area contributed by atoms with E-state index in [9.17, 15) is 8.78 Å². The maximum atomic E-state index is 12.6. The summed E-state index contributed by atoms with van der Waals surface area (Å²) in [6.45, 7) is 1.55. The quantitative estimate of drug-likeness (QED) is 0.571. The number of anilines is 2. The van der Waals surface area contributed by atoms with Gasteiger partial charge < -0.3 is 15.4 Å². The summed E-state index contributed by atoms with van der Waals surface area (Å²) in [5.74, 6) is 0.0363. The molecule has 0 bridgehead atoms. The Morgan fingerprint density at radius 2 is 1.82 bits per heavy atom. The lowest BCUT2D eigenvalue weighted by molar-refractivity contribution is -0.0493. The van der Waals surface area contributed by atoms with Gasteiger partial charge in [-0.3, -0.25) is 4.68 Å². The normalized spacial score (nSPS) is 10.8. The summed E-state index contributed by atoms with van der Waals surface area (Å²) in [4.78, 5) is 0. The standard InChI is InChI=1S/C20H20F2N4OS/c1-13-3-6-15(7-4-13)11-26-12-16(10-23-26)24-20(28)25-17-8-5-14(2)9-18(17)27-19(21)22/h3-10,12,19H,11H2,1-2H3,(H2,24,25,28). The highest BCUT2D eigenvalue weighted by Crippen LogP contribution is 2.27. The van der Waals surface area contributed by atoms with E-state index in [4.69, 9.17) is 12.2 Å². The molecule has 0 unspecified atom stereocenters. The first-order valence-corrected chi connectivity index (χ1v) is 9.01. The van der Waals surface area contributed by atoms with Crippen LogP contribution in [0.25, 0.3) is 0 Å². The summed E-state index contributed by atoms with van der Waals surface area (Å²) in [5.41, 5.74) is 4.18. The molecule has 2 aromatic carbocycles. The lowest BCUT2D eigenvalue weighted by Crippen LogP contribution is -2.19. The lowest BCUT2D eigenvalue weighted by Gasteiger charge is -2.14. The number of ether oxygens (including phenoxy) is 1. The fourth-order valence-electron chi connectivity index (χ4n) is 2.61. The van der Waals surface area contributed by atoms with Crippen LogP contribution < -0.4 is 15.4 Å². The van der Waals surface area contributed by atoms with Gasteiger partial charge in [0.2, 0.25) is 0 Å². The highest BCUT2D eigenvalue weighted by Gasteiger charge is 2.11. The molecule has 0 saturated carbocycles. The molecule has 1 aromatic heterocycles. The van der Waals surface area contributed by atoms with Crippen LogP contribution in [0.4, 0.5) is 20.2 Å². The Bertz CT molecular complexity index is 957. The van der Waals surface area contributed by atoms with Crippen molar-refractivity contribution in [2.45, 2.75) is 27.0 Å². The molecule has 0 spiro atoms. The molecule has 2 N–H and O–H groups in total. The van der Waals surface area contributed by atoms with E-state index in [-0.39, 0.29) is 10.9 Å². The van der Waals surface area contributed by atoms with Gasteiger partial charge in [0.1, 0.15) is 5.75 Å². The minimum Gasteiger partial charge on any atom is -0.433 e. The number of rotatable bonds is 6. The maximum Gasteiger partial charge on any atom is 0.387 e. The molecule has 3 rings (SSSR count). The molecule has 1 heterocycles. The molecule has 0 aliphatic carbocycles. The Labute approximate surface area is 167 Å². The van der Waals surface area contributed by atoms with Gasteiger partial charge in [0.25, 0.3) is 0 Å². The Morgan fingerprint density at radius 1 is 1.11 bits per heavy atom. The van der Waals surface area contributed by atoms with Crippen LogP contribution in [-0.2, 0) is 6.54 Å². The molecule has 0 fully saturated rings. The highest BCUT2D eigenvalue weighted by molar-refractivity contribution is 7.80. The van der Waals surface area contributed by atoms with Gasteiger partial charge in [0.05, 0.1) is 24.1 Å². The number of nitrogens with zero attached hydrogens (tertiary/aromatic N) is 2. The summed E-state index contributed by atoms with van der Waals surface area (Å²) in [6, 6.07) is 13.2. The molecule has 5 nitrogen and oxygen atoms in total. The zero-order valence-corrected chi connectivity index (χ0v) is 16.3. The van der Waals surface area contributed by atoms with Crippen molar-refractivity contribution in [1.82, 2.24) is 9.78 Å². The van der Waals surface area contributed by atoms with E-state index in [1.54, 1.807) is 29.9 Å². The molecule has 28 heavy (non-hydrogen) atoms. The van der Waals surface area contributed by atoms with Crippen molar-refractivity contribution in [3.8, 4) is 5.75 Å². The minimum atomic E-state index is -2.91. The van der Waals surface area contributed by atoms with E-state index in [1.165, 1.54) is 11.6 Å². The molecule has 0 aliphatic rings. The number of hydrogen-bond acceptors (Lipinski definition) is 3. The van der Waals surface area contributed by atoms with Gasteiger partial charge in [-0.25, -0.2) is 0 Å². The number of thiocarbonyl (C=S) groups is 1. The first-order chi connectivity index (χ1) is 13.4. The Balaban J connectivity index is 1.63. The largest absolute Gasteiger partial charge is 0.433 e. The topological polar surface area (TPSA) is 51.1 Å². The first-order valence-electron chi connectivity index (χ1n) is 8.60. The van der Waals surface area contributed by atoms with Crippen molar-refractivity contribution in [3.05, 3.63) is 71.5 Å². The zero-order valence-electron chi connectivity index (χ0n) is 15.4. The second kappa shape index (κ2) is 8.79. The average Bonchev–Trinajstić information content (AvgIpc) is 3.05. The van der Waals surface area contributed by atoms with E-state index >= 15 is 0 Å². The van der Waals surface area contributed by atoms with Crippen LogP contribution in [0.5, 0.6) is 5.75 Å². The van der Waals surface area contributed by atoms with Crippen molar-refractivity contribution < 1.29 is 13.5 Å². The van der Waals surface area contributed by atoms with Crippen molar-refractivity contribution >= 4 is 28.7 Å². The van der Waals surface area contributed by atoms with Crippen LogP contribution in [0, 0.1) is 13.8 Å². The number of benzene rings is 2. The molecular formula is C20H20F2N4OS. The fraction of sp³-hybridized carbons (Fsp3) is 0.200. The first kappa shape index (κ1) is 19.8. The Hall–Kier alpha value is -3.00. The van der Waals surface area contributed by atoms with E-state index < -0.39 is 6.61 Å². The van der Waals surface area contributed by atoms with Gasteiger partial charge in [-0.1, -0.05) is 35.9 Å². The van der Waals surface area contributed by atoms with Gasteiger partial charge in [-0.05, 0) is 49.3 Å². The van der Waals surface area contributed by atoms with Crippen LogP contribution >= 0.6 is 12.2 Å². The van der Waals surface area contributed by atoms with Crippen LogP contribution in [0.15, 0.2) is 54.9 Å². The van der Waals surface area contributed by atoms with Gasteiger partial charge in [0, 0.05) is 6.20 Å². The second-order valence-corrected chi connectivity index (χ2v) is 6.78. The fourth-order valence-corrected chi connectivity index (χ4v) is 2.83. The third-order valence-electron chi connectivity index (χ3n) is 3.96. The number of nitrogens with one attached hydrogen (secondary N) is 2. The van der Waals surface area contributed by atoms with Crippen LogP contribution in [0.3, 0.4) is 0 Å². The van der Waals surface area contributed by atoms with Gasteiger partial charge in [-0.2, -0.15) is 13.9 Å². The van der Waals surface area contributed by atoms with Crippen LogP contribution in [-0.4, -0.2) is 21.5 Å². The molecule has 0 saturated heterocycles. The number of alkyl halides is 2. The predicted molar refractivity (Wildman–Crippen MR) is 110 cm³/mol. The number of halogens is 2. The molecule has 0 atom stereocenters. The van der Waals surface area contributed by atoms with E-state index in [0.29, 0.717) is 17.9 Å². The highest BCUT2D eigenvalue weighted by atomic mass is 32.1. The second-order valence-electron chi connectivity index (χ2n) is 6.37. The van der Waals surface area contributed by atoms with E-state index in [0.717, 1.165) is 11.1 Å². The average molecular weight is 402 g/mol. The maximum absolute atomic E-state index is 12.6. The number of aryl methyl sites for hydroxylation is 2. The lowest BCUT2D eigenvalue weighted by atomic mass is 10.1. The molecule has 3 aromatic rings. The molecule has 0 radical (unpaired) electrons. The van der Waals surface area contributed by atoms with E-state index in [2.05, 4.69) is 44.7 Å². The van der Waals surface area contributed by atoms with Crippen molar-refractivity contribution in [2.24, 2.45) is 0 Å². The van der Waals surface area contributed by atoms with Crippen LogP contribution in [0.1, 0.15) is 16.7 Å². The monoisotopic (exact) mass is 402 g/mol. The smallest absolute Gasteiger partial charge is 0.387 e. The Kier molecular flexibility index (Phi) is 6.20. The van der Waals surface area contributed by atoms with Gasteiger partial charge in [0.15, 0.2) is 5.11 Å². The molecular weight excluding hydrogens is 382 g/mol. The summed E-state index contributed by atoms with van der Waals surface area (Å²) in [6.07, 6.45) is 3.47. The summed E-state index contributed by atoms with van der Waals surface area (Å²) in [7, 11) is 0. The molecule has 146 valence electrons. The number of hydrogen-bond donors (Lipinski definition) is 2. The van der Waals surface area contributed by atoms with Crippen molar-refractivity contribution in [2.75, 3.05) is 10.6 Å².